The molecule has 1 atom stereocenters. The Bertz CT molecular complexity index is 919. The molecule has 0 bridgehead atoms. The average molecular weight is 388 g/mol. The lowest BCUT2D eigenvalue weighted by Crippen LogP contribution is -2.22. The van der Waals surface area contributed by atoms with Gasteiger partial charge in [-0.3, -0.25) is 9.79 Å². The normalized spacial score (nSPS) is 12.3. The molecule has 0 aliphatic heterocycles. The van der Waals surface area contributed by atoms with E-state index in [1.165, 1.54) is 6.21 Å². The standard InChI is InChI=1S/C19H15Cl2N3O2/c1-12-10-18(24-26-12)17(11-22-15-6-2-13(20)3-7-15)19(25)23-16-8-4-14(21)5-9-16/h2-11,17H,1H3,(H,23,25). The predicted molar refractivity (Wildman–Crippen MR) is 104 cm³/mol. The molecule has 3 rings (SSSR count). The lowest BCUT2D eigenvalue weighted by molar-refractivity contribution is -0.116. The summed E-state index contributed by atoms with van der Waals surface area (Å²) in [4.78, 5) is 17.1. The van der Waals surface area contributed by atoms with Crippen molar-refractivity contribution in [1.82, 2.24) is 5.16 Å². The second kappa shape index (κ2) is 8.17. The monoisotopic (exact) mass is 387 g/mol. The van der Waals surface area contributed by atoms with Gasteiger partial charge in [0.25, 0.3) is 0 Å². The molecule has 1 heterocycles. The molecule has 1 unspecified atom stereocenters. The molecule has 5 nitrogen and oxygen atoms in total. The van der Waals surface area contributed by atoms with Crippen LogP contribution < -0.4 is 5.32 Å². The van der Waals surface area contributed by atoms with E-state index in [0.717, 1.165) is 0 Å². The van der Waals surface area contributed by atoms with E-state index >= 15 is 0 Å². The molecular formula is C19H15Cl2N3O2. The van der Waals surface area contributed by atoms with Gasteiger partial charge in [-0.2, -0.15) is 0 Å². The third-order valence-electron chi connectivity index (χ3n) is 3.56. The van der Waals surface area contributed by atoms with Crippen molar-refractivity contribution in [2.45, 2.75) is 12.8 Å². The number of nitrogens with one attached hydrogen (secondary N) is 1. The Morgan fingerprint density at radius 2 is 1.73 bits per heavy atom. The summed E-state index contributed by atoms with van der Waals surface area (Å²) in [6, 6.07) is 15.6. The number of rotatable bonds is 5. The fourth-order valence-electron chi connectivity index (χ4n) is 2.25. The number of hydrogen-bond donors (Lipinski definition) is 1. The van der Waals surface area contributed by atoms with Crippen molar-refractivity contribution < 1.29 is 9.32 Å². The van der Waals surface area contributed by atoms with Gasteiger partial charge in [-0.05, 0) is 55.5 Å². The molecule has 3 aromatic rings. The Kier molecular flexibility index (Phi) is 5.71. The number of carbonyl (C=O) groups excluding carboxylic acids is 1. The lowest BCUT2D eigenvalue weighted by atomic mass is 10.1. The van der Waals surface area contributed by atoms with Crippen molar-refractivity contribution in [3.05, 3.63) is 76.1 Å². The highest BCUT2D eigenvalue weighted by molar-refractivity contribution is 6.31. The van der Waals surface area contributed by atoms with Crippen LogP contribution in [0.1, 0.15) is 17.4 Å². The minimum absolute atomic E-state index is 0.279. The number of halogens is 2. The van der Waals surface area contributed by atoms with Crippen molar-refractivity contribution in [3.8, 4) is 0 Å². The van der Waals surface area contributed by atoms with Crippen LogP contribution in [-0.2, 0) is 4.79 Å². The molecule has 132 valence electrons. The smallest absolute Gasteiger partial charge is 0.239 e. The summed E-state index contributed by atoms with van der Waals surface area (Å²) in [6.45, 7) is 1.76. The quantitative estimate of drug-likeness (QED) is 0.594. The largest absolute Gasteiger partial charge is 0.361 e. The number of hydrogen-bond acceptors (Lipinski definition) is 4. The molecular weight excluding hydrogens is 373 g/mol. The minimum atomic E-state index is -0.709. The van der Waals surface area contributed by atoms with Gasteiger partial charge in [0.15, 0.2) is 0 Å². The summed E-state index contributed by atoms with van der Waals surface area (Å²) in [5.41, 5.74) is 1.79. The first-order valence-corrected chi connectivity index (χ1v) is 8.56. The van der Waals surface area contributed by atoms with Gasteiger partial charge in [0, 0.05) is 28.0 Å². The molecule has 1 aromatic heterocycles. The van der Waals surface area contributed by atoms with Crippen LogP contribution in [0.2, 0.25) is 10.0 Å². The van der Waals surface area contributed by atoms with E-state index in [0.29, 0.717) is 32.9 Å². The van der Waals surface area contributed by atoms with Crippen LogP contribution in [-0.4, -0.2) is 17.3 Å². The summed E-state index contributed by atoms with van der Waals surface area (Å²) in [7, 11) is 0. The first-order valence-electron chi connectivity index (χ1n) is 7.80. The van der Waals surface area contributed by atoms with Gasteiger partial charge in [0.1, 0.15) is 17.4 Å². The van der Waals surface area contributed by atoms with Gasteiger partial charge in [-0.1, -0.05) is 28.4 Å². The van der Waals surface area contributed by atoms with Gasteiger partial charge >= 0.3 is 0 Å². The van der Waals surface area contributed by atoms with Crippen LogP contribution in [0, 0.1) is 6.92 Å². The highest BCUT2D eigenvalue weighted by Crippen LogP contribution is 2.21. The topological polar surface area (TPSA) is 67.5 Å². The second-order valence-corrected chi connectivity index (χ2v) is 6.46. The predicted octanol–water partition coefficient (Wildman–Crippen LogP) is 5.41. The molecule has 0 aliphatic rings. The maximum absolute atomic E-state index is 12.7. The van der Waals surface area contributed by atoms with E-state index in [-0.39, 0.29) is 5.91 Å². The second-order valence-electron chi connectivity index (χ2n) is 5.59. The van der Waals surface area contributed by atoms with E-state index in [1.807, 2.05) is 0 Å². The molecule has 2 aromatic carbocycles. The molecule has 0 saturated heterocycles. The zero-order valence-electron chi connectivity index (χ0n) is 13.8. The fourth-order valence-corrected chi connectivity index (χ4v) is 2.50. The SMILES string of the molecule is Cc1cc(C(C=Nc2ccc(Cl)cc2)C(=O)Nc2ccc(Cl)cc2)no1. The van der Waals surface area contributed by atoms with Crippen LogP contribution in [0.4, 0.5) is 11.4 Å². The van der Waals surface area contributed by atoms with Gasteiger partial charge in [-0.15, -0.1) is 0 Å². The number of anilines is 1. The molecule has 0 saturated carbocycles. The van der Waals surface area contributed by atoms with E-state index in [4.69, 9.17) is 27.7 Å². The zero-order valence-corrected chi connectivity index (χ0v) is 15.3. The van der Waals surface area contributed by atoms with Crippen molar-refractivity contribution in [1.29, 1.82) is 0 Å². The Morgan fingerprint density at radius 1 is 1.12 bits per heavy atom. The molecule has 0 fully saturated rings. The van der Waals surface area contributed by atoms with Gasteiger partial charge in [-0.25, -0.2) is 0 Å². The Morgan fingerprint density at radius 3 is 2.31 bits per heavy atom. The number of aryl methyl sites for hydroxylation is 1. The number of benzene rings is 2. The van der Waals surface area contributed by atoms with Crippen molar-refractivity contribution >= 4 is 46.7 Å². The van der Waals surface area contributed by atoms with Gasteiger partial charge in [0.2, 0.25) is 5.91 Å². The first-order chi connectivity index (χ1) is 12.5. The Balaban J connectivity index is 1.84. The summed E-state index contributed by atoms with van der Waals surface area (Å²) in [5, 5.41) is 7.99. The number of nitrogens with zero attached hydrogens (tertiary/aromatic N) is 2. The fraction of sp³-hybridized carbons (Fsp3) is 0.105. The number of aromatic nitrogens is 1. The first kappa shape index (κ1) is 18.2. The maximum atomic E-state index is 12.7. The van der Waals surface area contributed by atoms with E-state index in [1.54, 1.807) is 61.5 Å². The van der Waals surface area contributed by atoms with Crippen molar-refractivity contribution in [3.63, 3.8) is 0 Å². The van der Waals surface area contributed by atoms with Crippen molar-refractivity contribution in [2.24, 2.45) is 4.99 Å². The molecule has 1 N–H and O–H groups in total. The average Bonchev–Trinajstić information content (AvgIpc) is 3.05. The van der Waals surface area contributed by atoms with Crippen LogP contribution >= 0.6 is 23.2 Å². The zero-order chi connectivity index (χ0) is 18.5. The molecule has 0 aliphatic carbocycles. The van der Waals surface area contributed by atoms with Crippen LogP contribution in [0.3, 0.4) is 0 Å². The highest BCUT2D eigenvalue weighted by atomic mass is 35.5. The number of carbonyl (C=O) groups is 1. The van der Waals surface area contributed by atoms with Crippen molar-refractivity contribution in [2.75, 3.05) is 5.32 Å². The minimum Gasteiger partial charge on any atom is -0.361 e. The van der Waals surface area contributed by atoms with Gasteiger partial charge < -0.3 is 9.84 Å². The number of aliphatic imine (C=N–C) groups is 1. The van der Waals surface area contributed by atoms with Gasteiger partial charge in [0.05, 0.1) is 5.69 Å². The molecule has 7 heteroatoms. The Labute approximate surface area is 160 Å². The van der Waals surface area contributed by atoms with E-state index in [2.05, 4.69) is 15.5 Å². The Hall–Kier alpha value is -2.63. The summed E-state index contributed by atoms with van der Waals surface area (Å²) in [6.07, 6.45) is 1.53. The van der Waals surface area contributed by atoms with E-state index in [9.17, 15) is 4.79 Å². The maximum Gasteiger partial charge on any atom is 0.239 e. The van der Waals surface area contributed by atoms with E-state index < -0.39 is 5.92 Å². The third-order valence-corrected chi connectivity index (χ3v) is 4.06. The summed E-state index contributed by atoms with van der Waals surface area (Å²) in [5.74, 6) is -0.374. The lowest BCUT2D eigenvalue weighted by Gasteiger charge is -2.10. The third kappa shape index (κ3) is 4.71. The molecule has 26 heavy (non-hydrogen) atoms. The highest BCUT2D eigenvalue weighted by Gasteiger charge is 2.22. The van der Waals surface area contributed by atoms with Crippen LogP contribution in [0.15, 0.2) is 64.1 Å². The summed E-state index contributed by atoms with van der Waals surface area (Å²) < 4.78 is 5.10. The number of amides is 1. The molecule has 0 radical (unpaired) electrons. The molecule has 1 amide bonds. The van der Waals surface area contributed by atoms with Crippen LogP contribution in [0.5, 0.6) is 0 Å². The van der Waals surface area contributed by atoms with Crippen LogP contribution in [0.25, 0.3) is 0 Å². The summed E-state index contributed by atoms with van der Waals surface area (Å²) >= 11 is 11.7. The molecule has 0 spiro atoms.